The highest BCUT2D eigenvalue weighted by molar-refractivity contribution is 5.43. The second kappa shape index (κ2) is 3.38. The van der Waals surface area contributed by atoms with Crippen molar-refractivity contribution in [3.05, 3.63) is 29.3 Å². The van der Waals surface area contributed by atoms with Crippen molar-refractivity contribution in [3.8, 4) is 5.75 Å². The molecule has 0 bridgehead atoms. The first-order valence-electron chi connectivity index (χ1n) is 5.02. The zero-order valence-corrected chi connectivity index (χ0v) is 8.51. The average Bonchev–Trinajstić information content (AvgIpc) is 2.13. The van der Waals surface area contributed by atoms with E-state index in [2.05, 4.69) is 0 Å². The zero-order chi connectivity index (χ0) is 12.0. The Balaban J connectivity index is 2.45. The summed E-state index contributed by atoms with van der Waals surface area (Å²) in [5.74, 6) is -0.157. The third-order valence-corrected chi connectivity index (χ3v) is 3.11. The van der Waals surface area contributed by atoms with Gasteiger partial charge in [-0.25, -0.2) is 0 Å². The fourth-order valence-electron chi connectivity index (χ4n) is 1.94. The van der Waals surface area contributed by atoms with E-state index < -0.39 is 17.3 Å². The lowest BCUT2D eigenvalue weighted by Gasteiger charge is -2.39. The third-order valence-electron chi connectivity index (χ3n) is 3.11. The van der Waals surface area contributed by atoms with E-state index in [0.717, 1.165) is 24.6 Å². The van der Waals surface area contributed by atoms with Crippen molar-refractivity contribution < 1.29 is 18.3 Å². The van der Waals surface area contributed by atoms with Gasteiger partial charge in [-0.05, 0) is 37.5 Å². The molecule has 1 aromatic rings. The van der Waals surface area contributed by atoms with Crippen LogP contribution in [0.2, 0.25) is 0 Å². The van der Waals surface area contributed by atoms with Crippen molar-refractivity contribution in [2.75, 3.05) is 0 Å². The van der Waals surface area contributed by atoms with Gasteiger partial charge in [0.05, 0.1) is 5.56 Å². The van der Waals surface area contributed by atoms with E-state index in [9.17, 15) is 18.3 Å². The molecule has 0 radical (unpaired) electrons. The molecule has 0 atom stereocenters. The van der Waals surface area contributed by atoms with Gasteiger partial charge in [-0.2, -0.15) is 13.2 Å². The highest BCUT2D eigenvalue weighted by atomic mass is 19.4. The summed E-state index contributed by atoms with van der Waals surface area (Å²) in [6.45, 7) is 0. The van der Waals surface area contributed by atoms with Crippen molar-refractivity contribution in [1.29, 1.82) is 0 Å². The summed E-state index contributed by atoms with van der Waals surface area (Å²) in [6.07, 6.45) is -2.29. The van der Waals surface area contributed by atoms with Crippen LogP contribution in [0.3, 0.4) is 0 Å². The summed E-state index contributed by atoms with van der Waals surface area (Å²) in [5.41, 5.74) is 4.56. The topological polar surface area (TPSA) is 46.2 Å². The molecule has 5 heteroatoms. The Kier molecular flexibility index (Phi) is 2.38. The van der Waals surface area contributed by atoms with Crippen LogP contribution in [0.5, 0.6) is 5.75 Å². The second-order valence-corrected chi connectivity index (χ2v) is 4.24. The van der Waals surface area contributed by atoms with Gasteiger partial charge in [0, 0.05) is 11.1 Å². The number of aromatic hydroxyl groups is 1. The van der Waals surface area contributed by atoms with Crippen LogP contribution in [0.25, 0.3) is 0 Å². The van der Waals surface area contributed by atoms with E-state index in [4.69, 9.17) is 5.73 Å². The number of hydrogen-bond donors (Lipinski definition) is 2. The minimum atomic E-state index is -4.40. The lowest BCUT2D eigenvalue weighted by atomic mass is 9.72. The van der Waals surface area contributed by atoms with Gasteiger partial charge in [0.25, 0.3) is 0 Å². The SMILES string of the molecule is NC1(c2cc(C(F)(F)F)ccc2O)CCC1. The highest BCUT2D eigenvalue weighted by Crippen LogP contribution is 2.44. The molecule has 2 rings (SSSR count). The molecule has 0 unspecified atom stereocenters. The molecule has 2 nitrogen and oxygen atoms in total. The van der Waals surface area contributed by atoms with Crippen LogP contribution in [-0.4, -0.2) is 5.11 Å². The first kappa shape index (κ1) is 11.3. The fraction of sp³-hybridized carbons (Fsp3) is 0.455. The van der Waals surface area contributed by atoms with E-state index in [1.54, 1.807) is 0 Å². The zero-order valence-electron chi connectivity index (χ0n) is 8.51. The van der Waals surface area contributed by atoms with E-state index in [1.165, 1.54) is 0 Å². The van der Waals surface area contributed by atoms with Crippen LogP contribution in [-0.2, 0) is 11.7 Å². The van der Waals surface area contributed by atoms with Gasteiger partial charge < -0.3 is 10.8 Å². The van der Waals surface area contributed by atoms with Crippen molar-refractivity contribution in [3.63, 3.8) is 0 Å². The molecule has 0 saturated heterocycles. The molecule has 0 spiro atoms. The van der Waals surface area contributed by atoms with Gasteiger partial charge in [-0.3, -0.25) is 0 Å². The van der Waals surface area contributed by atoms with Crippen molar-refractivity contribution >= 4 is 0 Å². The predicted octanol–water partition coefficient (Wildman–Crippen LogP) is 2.75. The average molecular weight is 231 g/mol. The summed E-state index contributed by atoms with van der Waals surface area (Å²) in [6, 6.07) is 2.88. The summed E-state index contributed by atoms with van der Waals surface area (Å²) in [7, 11) is 0. The van der Waals surface area contributed by atoms with Gasteiger partial charge in [-0.1, -0.05) is 0 Å². The lowest BCUT2D eigenvalue weighted by Crippen LogP contribution is -2.43. The molecule has 1 aliphatic carbocycles. The molecule has 1 saturated carbocycles. The van der Waals surface area contributed by atoms with Crippen molar-refractivity contribution in [2.24, 2.45) is 5.73 Å². The van der Waals surface area contributed by atoms with E-state index in [1.807, 2.05) is 0 Å². The minimum absolute atomic E-state index is 0.157. The molecule has 1 aromatic carbocycles. The fourth-order valence-corrected chi connectivity index (χ4v) is 1.94. The van der Waals surface area contributed by atoms with Crippen LogP contribution < -0.4 is 5.73 Å². The maximum Gasteiger partial charge on any atom is 0.416 e. The molecular formula is C11H12F3NO. The molecule has 88 valence electrons. The van der Waals surface area contributed by atoms with Crippen molar-refractivity contribution in [2.45, 2.75) is 31.0 Å². The number of halogens is 3. The molecule has 0 heterocycles. The maximum absolute atomic E-state index is 12.5. The Morgan fingerprint density at radius 1 is 1.25 bits per heavy atom. The molecule has 1 aliphatic rings. The molecule has 1 fully saturated rings. The minimum Gasteiger partial charge on any atom is -0.508 e. The predicted molar refractivity (Wildman–Crippen MR) is 52.8 cm³/mol. The van der Waals surface area contributed by atoms with Gasteiger partial charge in [-0.15, -0.1) is 0 Å². The Morgan fingerprint density at radius 3 is 2.31 bits per heavy atom. The maximum atomic E-state index is 12.5. The Labute approximate surface area is 90.9 Å². The van der Waals surface area contributed by atoms with Crippen molar-refractivity contribution in [1.82, 2.24) is 0 Å². The molecule has 0 amide bonds. The normalized spacial score (nSPS) is 19.2. The van der Waals surface area contributed by atoms with E-state index in [0.29, 0.717) is 12.8 Å². The number of rotatable bonds is 1. The largest absolute Gasteiger partial charge is 0.508 e. The number of phenolic OH excluding ortho intramolecular Hbond substituents is 1. The molecule has 3 N–H and O–H groups in total. The quantitative estimate of drug-likeness (QED) is 0.780. The van der Waals surface area contributed by atoms with Crippen LogP contribution in [0.4, 0.5) is 13.2 Å². The van der Waals surface area contributed by atoms with Gasteiger partial charge in [0.1, 0.15) is 5.75 Å². The third kappa shape index (κ3) is 1.75. The molecule has 16 heavy (non-hydrogen) atoms. The van der Waals surface area contributed by atoms with Crippen LogP contribution in [0.1, 0.15) is 30.4 Å². The lowest BCUT2D eigenvalue weighted by molar-refractivity contribution is -0.137. The first-order chi connectivity index (χ1) is 7.33. The monoisotopic (exact) mass is 231 g/mol. The van der Waals surface area contributed by atoms with Gasteiger partial charge in [0.15, 0.2) is 0 Å². The standard InChI is InChI=1S/C11H12F3NO/c12-11(13,14)7-2-3-9(16)8(6-7)10(15)4-1-5-10/h2-3,6,16H,1,4-5,15H2. The molecule has 0 aromatic heterocycles. The first-order valence-corrected chi connectivity index (χ1v) is 5.02. The smallest absolute Gasteiger partial charge is 0.416 e. The summed E-state index contributed by atoms with van der Waals surface area (Å²) < 4.78 is 37.5. The van der Waals surface area contributed by atoms with Crippen LogP contribution >= 0.6 is 0 Å². The van der Waals surface area contributed by atoms with E-state index >= 15 is 0 Å². The number of nitrogens with two attached hydrogens (primary N) is 1. The number of phenols is 1. The summed E-state index contributed by atoms with van der Waals surface area (Å²) in [4.78, 5) is 0. The Bertz CT molecular complexity index is 410. The summed E-state index contributed by atoms with van der Waals surface area (Å²) >= 11 is 0. The highest BCUT2D eigenvalue weighted by Gasteiger charge is 2.39. The van der Waals surface area contributed by atoms with E-state index in [-0.39, 0.29) is 11.3 Å². The second-order valence-electron chi connectivity index (χ2n) is 4.24. The number of benzene rings is 1. The Hall–Kier alpha value is -1.23. The van der Waals surface area contributed by atoms with Gasteiger partial charge >= 0.3 is 6.18 Å². The summed E-state index contributed by atoms with van der Waals surface area (Å²) in [5, 5.41) is 9.55. The van der Waals surface area contributed by atoms with Crippen LogP contribution in [0, 0.1) is 0 Å². The molecular weight excluding hydrogens is 219 g/mol. The van der Waals surface area contributed by atoms with Crippen LogP contribution in [0.15, 0.2) is 18.2 Å². The Morgan fingerprint density at radius 2 is 1.88 bits per heavy atom. The van der Waals surface area contributed by atoms with Gasteiger partial charge in [0.2, 0.25) is 0 Å². The number of alkyl halides is 3. The number of hydrogen-bond acceptors (Lipinski definition) is 2. The molecule has 0 aliphatic heterocycles.